The molecule has 3 heterocycles. The van der Waals surface area contributed by atoms with Gasteiger partial charge in [0.25, 0.3) is 5.91 Å². The van der Waals surface area contributed by atoms with Crippen molar-refractivity contribution >= 4 is 34.9 Å². The minimum Gasteiger partial charge on any atom is -0.365 e. The number of aromatic nitrogens is 2. The van der Waals surface area contributed by atoms with Crippen molar-refractivity contribution in [3.05, 3.63) is 63.7 Å². The van der Waals surface area contributed by atoms with Crippen LogP contribution in [0.3, 0.4) is 0 Å². The molecule has 144 valence electrons. The first-order valence-corrected chi connectivity index (χ1v) is 8.82. The molecule has 0 bridgehead atoms. The van der Waals surface area contributed by atoms with Crippen LogP contribution in [-0.2, 0) is 0 Å². The highest BCUT2D eigenvalue weighted by atomic mass is 32.2. The third-order valence-corrected chi connectivity index (χ3v) is 5.09. The number of nitrogens with zero attached hydrogens (tertiary/aromatic N) is 3. The monoisotopic (exact) mass is 407 g/mol. The molecule has 3 N–H and O–H groups in total. The van der Waals surface area contributed by atoms with Gasteiger partial charge in [0.1, 0.15) is 22.9 Å². The van der Waals surface area contributed by atoms with Crippen LogP contribution in [0.15, 0.2) is 35.3 Å². The van der Waals surface area contributed by atoms with E-state index in [1.807, 2.05) is 0 Å². The van der Waals surface area contributed by atoms with Crippen LogP contribution in [0.1, 0.15) is 10.4 Å². The first-order valence-electron chi connectivity index (χ1n) is 8.05. The van der Waals surface area contributed by atoms with Crippen LogP contribution in [0.2, 0.25) is 0 Å². The molecule has 0 atom stereocenters. The summed E-state index contributed by atoms with van der Waals surface area (Å²) in [7, 11) is 0. The number of rotatable bonds is 3. The summed E-state index contributed by atoms with van der Waals surface area (Å²) in [5.41, 5.74) is 3.29. The molecule has 1 aliphatic rings. The van der Waals surface area contributed by atoms with Gasteiger partial charge >= 0.3 is 0 Å². The van der Waals surface area contributed by atoms with Gasteiger partial charge in [0.2, 0.25) is 5.43 Å². The van der Waals surface area contributed by atoms with E-state index in [1.165, 1.54) is 18.2 Å². The van der Waals surface area contributed by atoms with Gasteiger partial charge in [-0.3, -0.25) is 18.5 Å². The number of hydrogen-bond donors (Lipinski definition) is 2. The average molecular weight is 407 g/mol. The molecule has 0 spiro atoms. The van der Waals surface area contributed by atoms with Crippen LogP contribution in [0.5, 0.6) is 0 Å². The zero-order valence-corrected chi connectivity index (χ0v) is 14.9. The lowest BCUT2D eigenvalue weighted by Crippen LogP contribution is -2.25. The van der Waals surface area contributed by atoms with E-state index in [9.17, 15) is 22.8 Å². The Hall–Kier alpha value is -3.05. The number of fused-ring (bicyclic) bond motifs is 1. The number of amides is 1. The fraction of sp³-hybridized carbons (Fsp3) is 0.118. The molecular formula is C17H12F3N5O2S. The van der Waals surface area contributed by atoms with Gasteiger partial charge in [0.15, 0.2) is 17.3 Å². The number of carbonyl (C=O) groups excluding carboxylic acids is 1. The topological polar surface area (TPSA) is 93.2 Å². The molecule has 1 amide bonds. The summed E-state index contributed by atoms with van der Waals surface area (Å²) in [4.78, 5) is 28.6. The lowest BCUT2D eigenvalue weighted by atomic mass is 10.1. The number of nitrogens with two attached hydrogens (primary N) is 1. The Kier molecular flexibility index (Phi) is 4.47. The second kappa shape index (κ2) is 6.84. The molecule has 1 saturated heterocycles. The maximum absolute atomic E-state index is 14.4. The first-order chi connectivity index (χ1) is 13.4. The lowest BCUT2D eigenvalue weighted by molar-refractivity contribution is 0.0999. The highest BCUT2D eigenvalue weighted by Crippen LogP contribution is 2.27. The average Bonchev–Trinajstić information content (AvgIpc) is 3.17. The van der Waals surface area contributed by atoms with Crippen molar-refractivity contribution < 1.29 is 18.0 Å². The zero-order valence-electron chi connectivity index (χ0n) is 14.1. The molecule has 28 heavy (non-hydrogen) atoms. The smallest absolute Gasteiger partial charge is 0.254 e. The largest absolute Gasteiger partial charge is 0.365 e. The van der Waals surface area contributed by atoms with Crippen molar-refractivity contribution in [1.82, 2.24) is 14.3 Å². The molecule has 0 unspecified atom stereocenters. The van der Waals surface area contributed by atoms with Crippen LogP contribution >= 0.6 is 12.1 Å². The van der Waals surface area contributed by atoms with Gasteiger partial charge < -0.3 is 5.73 Å². The Morgan fingerprint density at radius 1 is 1.21 bits per heavy atom. The number of carbonyl (C=O) groups is 1. The fourth-order valence-electron chi connectivity index (χ4n) is 2.92. The van der Waals surface area contributed by atoms with E-state index < -0.39 is 40.0 Å². The van der Waals surface area contributed by atoms with Gasteiger partial charge in [-0.2, -0.15) is 0 Å². The van der Waals surface area contributed by atoms with E-state index in [2.05, 4.69) is 9.71 Å². The summed E-state index contributed by atoms with van der Waals surface area (Å²) in [6.45, 7) is 1.31. The van der Waals surface area contributed by atoms with Crippen LogP contribution < -0.4 is 20.2 Å². The number of pyridine rings is 2. The van der Waals surface area contributed by atoms with E-state index in [4.69, 9.17) is 5.73 Å². The Bertz CT molecular complexity index is 1150. The van der Waals surface area contributed by atoms with E-state index in [0.717, 1.165) is 10.8 Å². The first kappa shape index (κ1) is 18.3. The standard InChI is InChI=1S/C17H12F3N5O2S/c18-8-5-11(19)14(12(20)6-8)24-7-10(16(21)27)15(26)9-1-2-13(23-17(9)24)25-4-3-22-28-25/h1-2,5-7,22H,3-4H2,(H2,21,27). The highest BCUT2D eigenvalue weighted by Gasteiger charge is 2.22. The number of anilines is 1. The summed E-state index contributed by atoms with van der Waals surface area (Å²) < 4.78 is 47.9. The molecule has 2 aromatic heterocycles. The molecule has 0 aliphatic carbocycles. The third-order valence-electron chi connectivity index (χ3n) is 4.17. The molecule has 1 aromatic carbocycles. The number of nitrogens with one attached hydrogen (secondary N) is 1. The summed E-state index contributed by atoms with van der Waals surface area (Å²) in [5, 5.41) is -0.0552. The Labute approximate surface area is 160 Å². The number of hydrogen-bond acceptors (Lipinski definition) is 6. The van der Waals surface area contributed by atoms with Crippen LogP contribution in [0.4, 0.5) is 19.0 Å². The zero-order chi connectivity index (χ0) is 20.0. The van der Waals surface area contributed by atoms with Gasteiger partial charge in [-0.15, -0.1) is 0 Å². The summed E-state index contributed by atoms with van der Waals surface area (Å²) in [6, 6.07) is 3.95. The number of benzene rings is 1. The SMILES string of the molecule is NC(=O)c1cn(-c2c(F)cc(F)cc2F)c2nc(N3CCNS3)ccc2c1=O. The predicted molar refractivity (Wildman–Crippen MR) is 98.7 cm³/mol. The van der Waals surface area contributed by atoms with Crippen molar-refractivity contribution in [2.24, 2.45) is 5.73 Å². The van der Waals surface area contributed by atoms with Gasteiger partial charge in [-0.1, -0.05) is 0 Å². The number of halogens is 3. The van der Waals surface area contributed by atoms with Crippen molar-refractivity contribution in [2.75, 3.05) is 17.4 Å². The summed E-state index contributed by atoms with van der Waals surface area (Å²) >= 11 is 1.29. The van der Waals surface area contributed by atoms with Crippen LogP contribution in [0, 0.1) is 17.5 Å². The minimum atomic E-state index is -1.22. The summed E-state index contributed by atoms with van der Waals surface area (Å²) in [5.74, 6) is -4.17. The van der Waals surface area contributed by atoms with Gasteiger partial charge in [-0.05, 0) is 12.1 Å². The van der Waals surface area contributed by atoms with Crippen molar-refractivity contribution in [3.8, 4) is 5.69 Å². The number of primary amides is 1. The molecular weight excluding hydrogens is 395 g/mol. The van der Waals surface area contributed by atoms with Gasteiger partial charge in [-0.25, -0.2) is 22.9 Å². The van der Waals surface area contributed by atoms with Gasteiger partial charge in [0, 0.05) is 43.6 Å². The van der Waals surface area contributed by atoms with Crippen LogP contribution in [-0.4, -0.2) is 28.5 Å². The highest BCUT2D eigenvalue weighted by molar-refractivity contribution is 7.99. The predicted octanol–water partition coefficient (Wildman–Crippen LogP) is 1.87. The maximum atomic E-state index is 14.4. The van der Waals surface area contributed by atoms with E-state index >= 15 is 0 Å². The maximum Gasteiger partial charge on any atom is 0.254 e. The van der Waals surface area contributed by atoms with Crippen molar-refractivity contribution in [3.63, 3.8) is 0 Å². The Balaban J connectivity index is 2.08. The van der Waals surface area contributed by atoms with Gasteiger partial charge in [0.05, 0.1) is 5.39 Å². The second-order valence-corrected chi connectivity index (χ2v) is 6.86. The molecule has 11 heteroatoms. The normalized spacial score (nSPS) is 14.0. The molecule has 3 aromatic rings. The van der Waals surface area contributed by atoms with E-state index in [0.29, 0.717) is 31.0 Å². The van der Waals surface area contributed by atoms with Crippen molar-refractivity contribution in [2.45, 2.75) is 0 Å². The minimum absolute atomic E-state index is 0.0552. The Morgan fingerprint density at radius 3 is 2.54 bits per heavy atom. The summed E-state index contributed by atoms with van der Waals surface area (Å²) in [6.07, 6.45) is 0.915. The van der Waals surface area contributed by atoms with Crippen molar-refractivity contribution in [1.29, 1.82) is 0 Å². The molecule has 0 radical (unpaired) electrons. The fourth-order valence-corrected chi connectivity index (χ4v) is 3.64. The van der Waals surface area contributed by atoms with Crippen LogP contribution in [0.25, 0.3) is 16.7 Å². The third kappa shape index (κ3) is 2.98. The molecule has 1 fully saturated rings. The molecule has 4 rings (SSSR count). The lowest BCUT2D eigenvalue weighted by Gasteiger charge is -2.17. The molecule has 1 aliphatic heterocycles. The van der Waals surface area contributed by atoms with E-state index in [1.54, 1.807) is 10.4 Å². The molecule has 7 nitrogen and oxygen atoms in total. The second-order valence-electron chi connectivity index (χ2n) is 5.95. The quantitative estimate of drug-likeness (QED) is 0.644. The van der Waals surface area contributed by atoms with E-state index in [-0.39, 0.29) is 11.0 Å². The molecule has 0 saturated carbocycles. The Morgan fingerprint density at radius 2 is 1.93 bits per heavy atom.